The van der Waals surface area contributed by atoms with Crippen molar-refractivity contribution >= 4 is 11.0 Å². The smallest absolute Gasteiger partial charge is 0.0918 e. The number of fused-ring (bicyclic) bond motifs is 1. The molecule has 2 aromatic rings. The molecule has 112 valence electrons. The second kappa shape index (κ2) is 6.50. The molecule has 1 fully saturated rings. The van der Waals surface area contributed by atoms with E-state index < -0.39 is 0 Å². The van der Waals surface area contributed by atoms with Gasteiger partial charge in [0.05, 0.1) is 11.0 Å². The minimum Gasteiger partial charge on any atom is -0.305 e. The van der Waals surface area contributed by atoms with Gasteiger partial charge in [-0.25, -0.2) is 0 Å². The summed E-state index contributed by atoms with van der Waals surface area (Å²) in [5.74, 6) is 0.657. The highest BCUT2D eigenvalue weighted by Gasteiger charge is 2.21. The summed E-state index contributed by atoms with van der Waals surface area (Å²) in [6, 6.07) is 6.14. The van der Waals surface area contributed by atoms with Crippen molar-refractivity contribution in [1.29, 1.82) is 0 Å². The van der Waals surface area contributed by atoms with Crippen LogP contribution >= 0.6 is 0 Å². The third kappa shape index (κ3) is 3.39. The average Bonchev–Trinajstić information content (AvgIpc) is 2.69. The maximum Gasteiger partial charge on any atom is 0.0918 e. The Hall–Kier alpha value is -1.52. The fourth-order valence-corrected chi connectivity index (χ4v) is 3.29. The topological polar surface area (TPSA) is 32.3 Å². The van der Waals surface area contributed by atoms with E-state index in [9.17, 15) is 0 Å². The Kier molecular flexibility index (Phi) is 4.46. The monoisotopic (exact) mass is 284 g/mol. The van der Waals surface area contributed by atoms with Crippen LogP contribution in [0, 0.1) is 5.92 Å². The van der Waals surface area contributed by atoms with Crippen LogP contribution in [0.25, 0.3) is 11.0 Å². The second-order valence-electron chi connectivity index (χ2n) is 6.07. The van der Waals surface area contributed by atoms with Gasteiger partial charge in [0.1, 0.15) is 0 Å². The van der Waals surface area contributed by atoms with Crippen LogP contribution < -0.4 is 0 Å². The van der Waals surface area contributed by atoms with Crippen molar-refractivity contribution in [3.63, 3.8) is 0 Å². The first-order valence-corrected chi connectivity index (χ1v) is 7.85. The maximum absolute atomic E-state index is 4.54. The summed E-state index contributed by atoms with van der Waals surface area (Å²) >= 11 is 0. The van der Waals surface area contributed by atoms with Crippen molar-refractivity contribution in [3.8, 4) is 0 Å². The lowest BCUT2D eigenvalue weighted by molar-refractivity contribution is 0.269. The lowest BCUT2D eigenvalue weighted by Crippen LogP contribution is -2.30. The number of pyridine rings is 2. The van der Waals surface area contributed by atoms with Gasteiger partial charge in [0.15, 0.2) is 0 Å². The Morgan fingerprint density at radius 3 is 2.90 bits per heavy atom. The van der Waals surface area contributed by atoms with Gasteiger partial charge in [0, 0.05) is 38.6 Å². The Morgan fingerprint density at radius 2 is 2.05 bits per heavy atom. The van der Waals surface area contributed by atoms with E-state index >= 15 is 0 Å². The molecule has 1 aliphatic rings. The Balaban J connectivity index is 1.83. The van der Waals surface area contributed by atoms with Gasteiger partial charge < -0.3 is 9.80 Å². The molecule has 3 rings (SSSR count). The van der Waals surface area contributed by atoms with Crippen LogP contribution in [0.4, 0.5) is 0 Å². The Labute approximate surface area is 126 Å². The van der Waals surface area contributed by atoms with Gasteiger partial charge in [-0.2, -0.15) is 0 Å². The molecule has 0 aromatic carbocycles. The molecule has 0 bridgehead atoms. The molecule has 0 N–H and O–H groups in total. The first-order valence-electron chi connectivity index (χ1n) is 7.85. The standard InChI is InChI=1S/C17H24N4/c1-3-21-10-9-20(2)12-14(13-21)11-15-6-8-18-16-5-4-7-19-17(15)16/h4-8,14H,3,9-13H2,1-2H3. The molecule has 0 radical (unpaired) electrons. The summed E-state index contributed by atoms with van der Waals surface area (Å²) in [5.41, 5.74) is 3.40. The van der Waals surface area contributed by atoms with Crippen LogP contribution in [0.3, 0.4) is 0 Å². The molecule has 0 spiro atoms. The van der Waals surface area contributed by atoms with Crippen molar-refractivity contribution in [2.24, 2.45) is 5.92 Å². The highest BCUT2D eigenvalue weighted by molar-refractivity contribution is 5.77. The van der Waals surface area contributed by atoms with Crippen molar-refractivity contribution in [3.05, 3.63) is 36.2 Å². The number of rotatable bonds is 3. The Morgan fingerprint density at radius 1 is 1.14 bits per heavy atom. The van der Waals surface area contributed by atoms with Crippen LogP contribution in [0.5, 0.6) is 0 Å². The Bertz CT molecular complexity index is 593. The molecule has 1 unspecified atom stereocenters. The molecule has 4 heteroatoms. The van der Waals surface area contributed by atoms with E-state index in [4.69, 9.17) is 0 Å². The molecular formula is C17H24N4. The van der Waals surface area contributed by atoms with Gasteiger partial charge in [-0.3, -0.25) is 9.97 Å². The van der Waals surface area contributed by atoms with E-state index in [1.807, 2.05) is 24.5 Å². The zero-order valence-corrected chi connectivity index (χ0v) is 13.0. The average molecular weight is 284 g/mol. The zero-order chi connectivity index (χ0) is 14.7. The summed E-state index contributed by atoms with van der Waals surface area (Å²) < 4.78 is 0. The lowest BCUT2D eigenvalue weighted by Gasteiger charge is -2.23. The van der Waals surface area contributed by atoms with Crippen molar-refractivity contribution in [2.45, 2.75) is 13.3 Å². The summed E-state index contributed by atoms with van der Waals surface area (Å²) in [7, 11) is 2.23. The van der Waals surface area contributed by atoms with Crippen LogP contribution in [0.2, 0.25) is 0 Å². The van der Waals surface area contributed by atoms with Crippen LogP contribution in [0.15, 0.2) is 30.6 Å². The summed E-state index contributed by atoms with van der Waals surface area (Å²) in [6.45, 7) is 8.08. The van der Waals surface area contributed by atoms with Gasteiger partial charge in [-0.1, -0.05) is 6.92 Å². The van der Waals surface area contributed by atoms with E-state index in [-0.39, 0.29) is 0 Å². The van der Waals surface area contributed by atoms with E-state index in [0.29, 0.717) is 5.92 Å². The fourth-order valence-electron chi connectivity index (χ4n) is 3.29. The van der Waals surface area contributed by atoms with Crippen LogP contribution in [0.1, 0.15) is 12.5 Å². The number of nitrogens with zero attached hydrogens (tertiary/aromatic N) is 4. The predicted octanol–water partition coefficient (Wildman–Crippen LogP) is 2.06. The zero-order valence-electron chi connectivity index (χ0n) is 13.0. The van der Waals surface area contributed by atoms with Crippen molar-refractivity contribution in [2.75, 3.05) is 39.8 Å². The van der Waals surface area contributed by atoms with E-state index in [1.165, 1.54) is 25.2 Å². The minimum absolute atomic E-state index is 0.657. The van der Waals surface area contributed by atoms with Gasteiger partial charge in [-0.05, 0) is 49.7 Å². The van der Waals surface area contributed by atoms with Crippen molar-refractivity contribution in [1.82, 2.24) is 19.8 Å². The summed E-state index contributed by atoms with van der Waals surface area (Å²) in [6.07, 6.45) is 4.86. The third-order valence-electron chi connectivity index (χ3n) is 4.42. The third-order valence-corrected chi connectivity index (χ3v) is 4.42. The van der Waals surface area contributed by atoms with Gasteiger partial charge >= 0.3 is 0 Å². The van der Waals surface area contributed by atoms with Gasteiger partial charge in [0.2, 0.25) is 0 Å². The molecule has 4 nitrogen and oxygen atoms in total. The SMILES string of the molecule is CCN1CCN(C)CC(Cc2ccnc3cccnc23)C1. The van der Waals surface area contributed by atoms with Gasteiger partial charge in [0.25, 0.3) is 0 Å². The van der Waals surface area contributed by atoms with E-state index in [1.54, 1.807) is 0 Å². The second-order valence-corrected chi connectivity index (χ2v) is 6.07. The van der Waals surface area contributed by atoms with Crippen LogP contribution in [-0.4, -0.2) is 59.5 Å². The highest BCUT2D eigenvalue weighted by Crippen LogP contribution is 2.19. The molecule has 0 aliphatic carbocycles. The molecule has 2 aromatic heterocycles. The normalized spacial score (nSPS) is 21.5. The molecule has 0 amide bonds. The fraction of sp³-hybridized carbons (Fsp3) is 0.529. The van der Waals surface area contributed by atoms with Gasteiger partial charge in [-0.15, -0.1) is 0 Å². The largest absolute Gasteiger partial charge is 0.305 e. The molecule has 1 saturated heterocycles. The molecule has 1 atom stereocenters. The molecule has 0 saturated carbocycles. The lowest BCUT2D eigenvalue weighted by atomic mass is 9.98. The number of hydrogen-bond donors (Lipinski definition) is 0. The van der Waals surface area contributed by atoms with Crippen molar-refractivity contribution < 1.29 is 0 Å². The number of likely N-dealkylation sites (N-methyl/N-ethyl adjacent to an activating group) is 2. The van der Waals surface area contributed by atoms with Crippen LogP contribution in [-0.2, 0) is 6.42 Å². The molecule has 1 aliphatic heterocycles. The quantitative estimate of drug-likeness (QED) is 0.863. The van der Waals surface area contributed by atoms with E-state index in [0.717, 1.165) is 30.5 Å². The summed E-state index contributed by atoms with van der Waals surface area (Å²) in [4.78, 5) is 14.0. The number of aromatic nitrogens is 2. The maximum atomic E-state index is 4.54. The first-order chi connectivity index (χ1) is 10.3. The minimum atomic E-state index is 0.657. The molecule has 3 heterocycles. The summed E-state index contributed by atoms with van der Waals surface area (Å²) in [5, 5.41) is 0. The highest BCUT2D eigenvalue weighted by atomic mass is 15.2. The first kappa shape index (κ1) is 14.4. The number of hydrogen-bond acceptors (Lipinski definition) is 4. The van der Waals surface area contributed by atoms with E-state index in [2.05, 4.69) is 39.8 Å². The molecule has 21 heavy (non-hydrogen) atoms. The predicted molar refractivity (Wildman–Crippen MR) is 86.3 cm³/mol. The molecular weight excluding hydrogens is 260 g/mol.